The van der Waals surface area contributed by atoms with Crippen LogP contribution in [-0.4, -0.2) is 41.1 Å². The van der Waals surface area contributed by atoms with Gasteiger partial charge in [-0.05, 0) is 32.5 Å². The monoisotopic (exact) mass is 254 g/mol. The zero-order valence-electron chi connectivity index (χ0n) is 11.3. The van der Waals surface area contributed by atoms with E-state index in [-0.39, 0.29) is 12.5 Å². The zero-order valence-corrected chi connectivity index (χ0v) is 11.3. The Morgan fingerprint density at radius 1 is 1.56 bits per heavy atom. The lowest BCUT2D eigenvalue weighted by Crippen LogP contribution is -2.43. The second-order valence-corrected chi connectivity index (χ2v) is 4.97. The minimum Gasteiger partial charge on any atom is -0.467 e. The van der Waals surface area contributed by atoms with Crippen molar-refractivity contribution in [2.45, 2.75) is 32.9 Å². The van der Waals surface area contributed by atoms with Gasteiger partial charge in [-0.15, -0.1) is 0 Å². The van der Waals surface area contributed by atoms with Crippen molar-refractivity contribution in [3.63, 3.8) is 0 Å². The average molecular weight is 254 g/mol. The summed E-state index contributed by atoms with van der Waals surface area (Å²) in [5.74, 6) is 0.659. The molecule has 0 spiro atoms. The molecular formula is C13H22N2O3. The van der Waals surface area contributed by atoms with Crippen molar-refractivity contribution in [3.05, 3.63) is 24.2 Å². The fourth-order valence-corrected chi connectivity index (χ4v) is 1.68. The van der Waals surface area contributed by atoms with E-state index >= 15 is 0 Å². The summed E-state index contributed by atoms with van der Waals surface area (Å²) in [4.78, 5) is 13.6. The summed E-state index contributed by atoms with van der Waals surface area (Å²) < 4.78 is 5.13. The maximum absolute atomic E-state index is 11.7. The highest BCUT2D eigenvalue weighted by atomic mass is 16.3. The van der Waals surface area contributed by atoms with E-state index in [0.29, 0.717) is 13.1 Å². The van der Waals surface area contributed by atoms with Gasteiger partial charge in [0, 0.05) is 6.54 Å². The van der Waals surface area contributed by atoms with Crippen molar-refractivity contribution < 1.29 is 14.3 Å². The number of aliphatic hydroxyl groups is 1. The van der Waals surface area contributed by atoms with Crippen LogP contribution in [0.25, 0.3) is 0 Å². The van der Waals surface area contributed by atoms with Gasteiger partial charge in [-0.1, -0.05) is 6.92 Å². The maximum Gasteiger partial charge on any atom is 0.234 e. The van der Waals surface area contributed by atoms with Gasteiger partial charge in [-0.3, -0.25) is 9.69 Å². The van der Waals surface area contributed by atoms with Crippen molar-refractivity contribution in [1.29, 1.82) is 0 Å². The van der Waals surface area contributed by atoms with Crippen LogP contribution in [0.1, 0.15) is 26.5 Å². The first kappa shape index (κ1) is 14.7. The van der Waals surface area contributed by atoms with Gasteiger partial charge in [0.1, 0.15) is 5.76 Å². The number of carbonyl (C=O) groups excluding carboxylic acids is 1. The predicted octanol–water partition coefficient (Wildman–Crippen LogP) is 0.989. The van der Waals surface area contributed by atoms with Crippen molar-refractivity contribution in [2.75, 3.05) is 19.6 Å². The molecule has 0 unspecified atom stereocenters. The molecule has 0 aliphatic carbocycles. The van der Waals surface area contributed by atoms with Gasteiger partial charge < -0.3 is 14.8 Å². The molecule has 5 nitrogen and oxygen atoms in total. The number of likely N-dealkylation sites (N-methyl/N-ethyl adjacent to an activating group) is 1. The molecular weight excluding hydrogens is 232 g/mol. The van der Waals surface area contributed by atoms with Crippen molar-refractivity contribution in [2.24, 2.45) is 0 Å². The molecule has 0 aromatic carbocycles. The fraction of sp³-hybridized carbons (Fsp3) is 0.615. The summed E-state index contributed by atoms with van der Waals surface area (Å²) in [6.45, 7) is 7.29. The molecule has 5 heteroatoms. The molecule has 1 amide bonds. The number of hydrogen-bond acceptors (Lipinski definition) is 4. The third-order valence-corrected chi connectivity index (χ3v) is 2.46. The van der Waals surface area contributed by atoms with Crippen molar-refractivity contribution >= 4 is 5.91 Å². The van der Waals surface area contributed by atoms with Crippen LogP contribution < -0.4 is 5.32 Å². The van der Waals surface area contributed by atoms with E-state index in [1.54, 1.807) is 26.2 Å². The topological polar surface area (TPSA) is 65.7 Å². The second-order valence-electron chi connectivity index (χ2n) is 4.97. The molecule has 1 aromatic rings. The molecule has 0 radical (unpaired) electrons. The molecule has 1 rings (SSSR count). The lowest BCUT2D eigenvalue weighted by atomic mass is 10.1. The number of furan rings is 1. The molecule has 0 saturated heterocycles. The number of carbonyl (C=O) groups is 1. The molecule has 0 aliphatic heterocycles. The van der Waals surface area contributed by atoms with Gasteiger partial charge in [-0.25, -0.2) is 0 Å². The fourth-order valence-electron chi connectivity index (χ4n) is 1.68. The summed E-state index contributed by atoms with van der Waals surface area (Å²) in [5.41, 5.74) is -0.794. The van der Waals surface area contributed by atoms with Crippen LogP contribution in [0.15, 0.2) is 22.8 Å². The van der Waals surface area contributed by atoms with Gasteiger partial charge in [0.05, 0.1) is 25.0 Å². The van der Waals surface area contributed by atoms with Gasteiger partial charge in [0.2, 0.25) is 5.91 Å². The lowest BCUT2D eigenvalue weighted by Gasteiger charge is -2.27. The second kappa shape index (κ2) is 6.56. The summed E-state index contributed by atoms with van der Waals surface area (Å²) in [6, 6.07) is 3.60. The third kappa shape index (κ3) is 5.84. The molecule has 1 heterocycles. The highest BCUT2D eigenvalue weighted by Gasteiger charge is 2.18. The molecule has 1 aromatic heterocycles. The van der Waals surface area contributed by atoms with Crippen LogP contribution in [-0.2, 0) is 11.3 Å². The molecule has 0 atom stereocenters. The number of hydrogen-bond donors (Lipinski definition) is 2. The Morgan fingerprint density at radius 2 is 2.28 bits per heavy atom. The van der Waals surface area contributed by atoms with Crippen molar-refractivity contribution in [3.8, 4) is 0 Å². The molecule has 0 fully saturated rings. The van der Waals surface area contributed by atoms with Gasteiger partial charge in [0.15, 0.2) is 0 Å². The normalized spacial score (nSPS) is 11.8. The minimum atomic E-state index is -0.794. The van der Waals surface area contributed by atoms with Crippen LogP contribution in [0, 0.1) is 0 Å². The first-order chi connectivity index (χ1) is 8.40. The molecule has 0 saturated carbocycles. The van der Waals surface area contributed by atoms with E-state index in [0.717, 1.165) is 12.3 Å². The zero-order chi connectivity index (χ0) is 13.6. The average Bonchev–Trinajstić information content (AvgIpc) is 2.76. The van der Waals surface area contributed by atoms with Crippen molar-refractivity contribution in [1.82, 2.24) is 10.2 Å². The number of nitrogens with zero attached hydrogens (tertiary/aromatic N) is 1. The summed E-state index contributed by atoms with van der Waals surface area (Å²) in [6.07, 6.45) is 1.58. The summed E-state index contributed by atoms with van der Waals surface area (Å²) >= 11 is 0. The molecule has 18 heavy (non-hydrogen) atoms. The van der Waals surface area contributed by atoms with Crippen LogP contribution >= 0.6 is 0 Å². The molecule has 2 N–H and O–H groups in total. The first-order valence-electron chi connectivity index (χ1n) is 6.14. The number of nitrogens with one attached hydrogen (secondary N) is 1. The van der Waals surface area contributed by atoms with Gasteiger partial charge in [0.25, 0.3) is 0 Å². The Balaban J connectivity index is 2.33. The molecule has 0 bridgehead atoms. The molecule has 102 valence electrons. The van der Waals surface area contributed by atoms with Crippen LogP contribution in [0.5, 0.6) is 0 Å². The predicted molar refractivity (Wildman–Crippen MR) is 69.0 cm³/mol. The van der Waals surface area contributed by atoms with E-state index in [9.17, 15) is 9.90 Å². The Labute approximate surface area is 108 Å². The van der Waals surface area contributed by atoms with Crippen LogP contribution in [0.3, 0.4) is 0 Å². The Kier molecular flexibility index (Phi) is 5.37. The quantitative estimate of drug-likeness (QED) is 0.761. The summed E-state index contributed by atoms with van der Waals surface area (Å²) in [7, 11) is 0. The van der Waals surface area contributed by atoms with Crippen LogP contribution in [0.2, 0.25) is 0 Å². The van der Waals surface area contributed by atoms with Gasteiger partial charge >= 0.3 is 0 Å². The first-order valence-corrected chi connectivity index (χ1v) is 6.14. The van der Waals surface area contributed by atoms with E-state index in [1.165, 1.54) is 0 Å². The smallest absolute Gasteiger partial charge is 0.234 e. The number of rotatable bonds is 7. The number of amides is 1. The third-order valence-electron chi connectivity index (χ3n) is 2.46. The lowest BCUT2D eigenvalue weighted by molar-refractivity contribution is -0.123. The van der Waals surface area contributed by atoms with E-state index in [2.05, 4.69) is 5.32 Å². The largest absolute Gasteiger partial charge is 0.467 e. The van der Waals surface area contributed by atoms with Crippen LogP contribution in [0.4, 0.5) is 0 Å². The maximum atomic E-state index is 11.7. The van der Waals surface area contributed by atoms with Gasteiger partial charge in [-0.2, -0.15) is 0 Å². The van der Waals surface area contributed by atoms with E-state index < -0.39 is 5.60 Å². The minimum absolute atomic E-state index is 0.0718. The van der Waals surface area contributed by atoms with E-state index in [4.69, 9.17) is 4.42 Å². The Morgan fingerprint density at radius 3 is 2.78 bits per heavy atom. The highest BCUT2D eigenvalue weighted by Crippen LogP contribution is 2.04. The highest BCUT2D eigenvalue weighted by molar-refractivity contribution is 5.77. The summed E-state index contributed by atoms with van der Waals surface area (Å²) in [5, 5.41) is 12.5. The standard InChI is InChI=1S/C13H22N2O3/c1-4-15(10-13(2,3)17)9-12(16)14-8-11-6-5-7-18-11/h5-7,17H,4,8-10H2,1-3H3,(H,14,16). The molecule has 0 aliphatic rings. The Hall–Kier alpha value is -1.33. The SMILES string of the molecule is CCN(CC(=O)NCc1ccco1)CC(C)(C)O. The Bertz CT molecular complexity index is 355. The van der Waals surface area contributed by atoms with E-state index in [1.807, 2.05) is 17.9 Å².